The van der Waals surface area contributed by atoms with Gasteiger partial charge >= 0.3 is 0 Å². The lowest BCUT2D eigenvalue weighted by molar-refractivity contribution is 0.0952. The SMILES string of the molecule is O=C(NCCN1CCN(c2ccccc2)CC1)c1cc2cc(F)ccc2s1. The highest BCUT2D eigenvalue weighted by molar-refractivity contribution is 7.20. The summed E-state index contributed by atoms with van der Waals surface area (Å²) >= 11 is 1.40. The first-order chi connectivity index (χ1) is 13.2. The minimum atomic E-state index is -0.276. The van der Waals surface area contributed by atoms with Crippen molar-refractivity contribution >= 4 is 33.0 Å². The molecule has 0 saturated carbocycles. The molecule has 1 N–H and O–H groups in total. The third-order valence-corrected chi connectivity index (χ3v) is 6.02. The number of anilines is 1. The summed E-state index contributed by atoms with van der Waals surface area (Å²) in [5.74, 6) is -0.360. The molecule has 0 atom stereocenters. The molecule has 4 rings (SSSR count). The highest BCUT2D eigenvalue weighted by atomic mass is 32.1. The van der Waals surface area contributed by atoms with E-state index in [4.69, 9.17) is 0 Å². The maximum Gasteiger partial charge on any atom is 0.261 e. The predicted molar refractivity (Wildman–Crippen MR) is 109 cm³/mol. The first-order valence-corrected chi connectivity index (χ1v) is 10.0. The highest BCUT2D eigenvalue weighted by Crippen LogP contribution is 2.26. The van der Waals surface area contributed by atoms with Gasteiger partial charge in [-0.15, -0.1) is 11.3 Å². The summed E-state index contributed by atoms with van der Waals surface area (Å²) < 4.78 is 14.2. The van der Waals surface area contributed by atoms with Crippen LogP contribution in [0, 0.1) is 5.82 Å². The Morgan fingerprint density at radius 2 is 1.81 bits per heavy atom. The maximum absolute atomic E-state index is 13.3. The van der Waals surface area contributed by atoms with Crippen molar-refractivity contribution in [3.05, 3.63) is 65.3 Å². The third kappa shape index (κ3) is 4.28. The minimum absolute atomic E-state index is 0.0838. The predicted octanol–water partition coefficient (Wildman–Crippen LogP) is 3.59. The summed E-state index contributed by atoms with van der Waals surface area (Å²) in [4.78, 5) is 17.8. The fourth-order valence-electron chi connectivity index (χ4n) is 3.41. The van der Waals surface area contributed by atoms with E-state index in [-0.39, 0.29) is 11.7 Å². The number of hydrogen-bond donors (Lipinski definition) is 1. The molecule has 0 bridgehead atoms. The molecule has 6 heteroatoms. The zero-order valence-electron chi connectivity index (χ0n) is 15.0. The van der Waals surface area contributed by atoms with Gasteiger partial charge < -0.3 is 10.2 Å². The van der Waals surface area contributed by atoms with E-state index in [0.29, 0.717) is 11.4 Å². The molecule has 0 aliphatic carbocycles. The van der Waals surface area contributed by atoms with E-state index in [0.717, 1.165) is 42.8 Å². The zero-order valence-corrected chi connectivity index (χ0v) is 15.8. The molecule has 2 heterocycles. The molecule has 140 valence electrons. The Morgan fingerprint density at radius 1 is 1.04 bits per heavy atom. The van der Waals surface area contributed by atoms with Crippen LogP contribution in [0.1, 0.15) is 9.67 Å². The molecule has 4 nitrogen and oxygen atoms in total. The molecule has 0 spiro atoms. The number of carbonyl (C=O) groups is 1. The number of hydrogen-bond acceptors (Lipinski definition) is 4. The molecule has 1 aliphatic rings. The van der Waals surface area contributed by atoms with Gasteiger partial charge in [0.2, 0.25) is 0 Å². The standard InChI is InChI=1S/C21H22FN3OS/c22-17-6-7-19-16(14-17)15-20(27-19)21(26)23-8-9-24-10-12-25(13-11-24)18-4-2-1-3-5-18/h1-7,14-15H,8-13H2,(H,23,26). The van der Waals surface area contributed by atoms with Gasteiger partial charge in [-0.2, -0.15) is 0 Å². The van der Waals surface area contributed by atoms with Crippen LogP contribution in [-0.2, 0) is 0 Å². The molecule has 1 aromatic heterocycles. The van der Waals surface area contributed by atoms with Crippen LogP contribution in [0.25, 0.3) is 10.1 Å². The molecule has 0 unspecified atom stereocenters. The van der Waals surface area contributed by atoms with E-state index >= 15 is 0 Å². The van der Waals surface area contributed by atoms with Crippen molar-refractivity contribution in [1.29, 1.82) is 0 Å². The summed E-state index contributed by atoms with van der Waals surface area (Å²) in [6.07, 6.45) is 0. The van der Waals surface area contributed by atoms with Gasteiger partial charge in [0.15, 0.2) is 0 Å². The number of nitrogens with zero attached hydrogens (tertiary/aromatic N) is 2. The Kier molecular flexibility index (Phi) is 5.36. The van der Waals surface area contributed by atoms with Crippen molar-refractivity contribution < 1.29 is 9.18 Å². The number of rotatable bonds is 5. The summed E-state index contributed by atoms with van der Waals surface area (Å²) in [6.45, 7) is 5.44. The second kappa shape index (κ2) is 8.06. The second-order valence-electron chi connectivity index (χ2n) is 6.71. The second-order valence-corrected chi connectivity index (χ2v) is 7.80. The quantitative estimate of drug-likeness (QED) is 0.731. The van der Waals surface area contributed by atoms with Gasteiger partial charge in [0.05, 0.1) is 4.88 Å². The molecular weight excluding hydrogens is 361 g/mol. The van der Waals surface area contributed by atoms with E-state index in [1.165, 1.54) is 29.2 Å². The Morgan fingerprint density at radius 3 is 2.59 bits per heavy atom. The Labute approximate surface area is 162 Å². The first-order valence-electron chi connectivity index (χ1n) is 9.19. The van der Waals surface area contributed by atoms with Crippen LogP contribution in [0.4, 0.5) is 10.1 Å². The third-order valence-electron chi connectivity index (χ3n) is 4.91. The number of benzene rings is 2. The number of halogens is 1. The largest absolute Gasteiger partial charge is 0.369 e. The van der Waals surface area contributed by atoms with Crippen LogP contribution in [0.3, 0.4) is 0 Å². The lowest BCUT2D eigenvalue weighted by Gasteiger charge is -2.36. The van der Waals surface area contributed by atoms with Crippen molar-refractivity contribution in [3.8, 4) is 0 Å². The Balaban J connectivity index is 1.24. The average Bonchev–Trinajstić information content (AvgIpc) is 3.12. The van der Waals surface area contributed by atoms with Gasteiger partial charge in [0.25, 0.3) is 5.91 Å². The van der Waals surface area contributed by atoms with E-state index in [9.17, 15) is 9.18 Å². The number of fused-ring (bicyclic) bond motifs is 1. The van der Waals surface area contributed by atoms with E-state index < -0.39 is 0 Å². The molecule has 3 aromatic rings. The lowest BCUT2D eigenvalue weighted by Crippen LogP contribution is -2.48. The molecule has 27 heavy (non-hydrogen) atoms. The summed E-state index contributed by atoms with van der Waals surface area (Å²) in [6, 6.07) is 16.8. The van der Waals surface area contributed by atoms with Crippen LogP contribution in [0.15, 0.2) is 54.6 Å². The summed E-state index contributed by atoms with van der Waals surface area (Å²) in [5.41, 5.74) is 1.27. The number of amides is 1. The normalized spacial score (nSPS) is 15.2. The Hall–Kier alpha value is -2.44. The van der Waals surface area contributed by atoms with E-state index in [2.05, 4.69) is 39.4 Å². The fourth-order valence-corrected chi connectivity index (χ4v) is 4.37. The van der Waals surface area contributed by atoms with Crippen molar-refractivity contribution in [2.24, 2.45) is 0 Å². The highest BCUT2D eigenvalue weighted by Gasteiger charge is 2.17. The van der Waals surface area contributed by atoms with Crippen LogP contribution < -0.4 is 10.2 Å². The van der Waals surface area contributed by atoms with Crippen molar-refractivity contribution in [3.63, 3.8) is 0 Å². The van der Waals surface area contributed by atoms with Gasteiger partial charge in [0.1, 0.15) is 5.82 Å². The van der Waals surface area contributed by atoms with Gasteiger partial charge in [-0.25, -0.2) is 4.39 Å². The van der Waals surface area contributed by atoms with Crippen LogP contribution in [0.2, 0.25) is 0 Å². The van der Waals surface area contributed by atoms with Gasteiger partial charge in [0, 0.05) is 49.7 Å². The van der Waals surface area contributed by atoms with Gasteiger partial charge in [-0.1, -0.05) is 18.2 Å². The monoisotopic (exact) mass is 383 g/mol. The number of carbonyl (C=O) groups excluding carboxylic acids is 1. The molecule has 0 radical (unpaired) electrons. The number of nitrogens with one attached hydrogen (secondary N) is 1. The van der Waals surface area contributed by atoms with Crippen LogP contribution in [0.5, 0.6) is 0 Å². The topological polar surface area (TPSA) is 35.6 Å². The van der Waals surface area contributed by atoms with Crippen molar-refractivity contribution in [2.75, 3.05) is 44.2 Å². The molecule has 1 saturated heterocycles. The van der Waals surface area contributed by atoms with Crippen molar-refractivity contribution in [2.45, 2.75) is 0 Å². The molecule has 1 fully saturated rings. The van der Waals surface area contributed by atoms with E-state index in [1.54, 1.807) is 12.1 Å². The summed E-state index contributed by atoms with van der Waals surface area (Å²) in [7, 11) is 0. The average molecular weight is 383 g/mol. The maximum atomic E-state index is 13.3. The Bertz CT molecular complexity index is 920. The van der Waals surface area contributed by atoms with Crippen LogP contribution in [-0.4, -0.2) is 50.1 Å². The van der Waals surface area contributed by atoms with E-state index in [1.807, 2.05) is 6.07 Å². The molecule has 1 amide bonds. The van der Waals surface area contributed by atoms with Crippen LogP contribution >= 0.6 is 11.3 Å². The zero-order chi connectivity index (χ0) is 18.6. The van der Waals surface area contributed by atoms with Gasteiger partial charge in [-0.3, -0.25) is 9.69 Å². The lowest BCUT2D eigenvalue weighted by atomic mass is 10.2. The summed E-state index contributed by atoms with van der Waals surface area (Å²) in [5, 5.41) is 3.77. The number of thiophene rings is 1. The molecule has 2 aromatic carbocycles. The van der Waals surface area contributed by atoms with Gasteiger partial charge in [-0.05, 0) is 41.8 Å². The number of piperazine rings is 1. The first kappa shape index (κ1) is 17.9. The molecule has 1 aliphatic heterocycles. The van der Waals surface area contributed by atoms with Crippen molar-refractivity contribution in [1.82, 2.24) is 10.2 Å². The minimum Gasteiger partial charge on any atom is -0.369 e. The fraction of sp³-hybridized carbons (Fsp3) is 0.286. The smallest absolute Gasteiger partial charge is 0.261 e. The molecular formula is C21H22FN3OS. The number of para-hydroxylation sites is 1.